The maximum atomic E-state index is 12.1. The maximum Gasteiger partial charge on any atom is 0.248 e. The van der Waals surface area contributed by atoms with E-state index in [9.17, 15) is 4.79 Å². The number of methoxy groups -OCH3 is 2. The first kappa shape index (κ1) is 17.9. The molecule has 5 nitrogen and oxygen atoms in total. The Morgan fingerprint density at radius 3 is 2.75 bits per heavy atom. The predicted octanol–water partition coefficient (Wildman–Crippen LogP) is 2.08. The average Bonchev–Trinajstić information content (AvgIpc) is 3.18. The van der Waals surface area contributed by atoms with E-state index in [0.717, 1.165) is 52.2 Å². The van der Waals surface area contributed by atoms with Crippen LogP contribution in [0.25, 0.3) is 0 Å². The first-order valence-electron chi connectivity index (χ1n) is 8.67. The minimum Gasteiger partial charge on any atom is -0.384 e. The number of thiophene rings is 1. The maximum absolute atomic E-state index is 12.1. The Kier molecular flexibility index (Phi) is 5.92. The minimum atomic E-state index is 0.115. The highest BCUT2D eigenvalue weighted by molar-refractivity contribution is 7.09. The number of carbonyl (C=O) groups is 1. The molecule has 0 radical (unpaired) electrons. The second kappa shape index (κ2) is 7.95. The Morgan fingerprint density at radius 1 is 1.33 bits per heavy atom. The molecule has 0 bridgehead atoms. The average molecular weight is 353 g/mol. The summed E-state index contributed by atoms with van der Waals surface area (Å²) in [5.74, 6) is 0.672. The summed E-state index contributed by atoms with van der Waals surface area (Å²) in [7, 11) is 3.38. The lowest BCUT2D eigenvalue weighted by Gasteiger charge is -2.42. The highest BCUT2D eigenvalue weighted by Gasteiger charge is 2.48. The molecule has 2 aliphatic heterocycles. The van der Waals surface area contributed by atoms with Crippen LogP contribution in [0, 0.1) is 11.3 Å². The van der Waals surface area contributed by atoms with E-state index in [1.165, 1.54) is 4.88 Å². The number of likely N-dealkylation sites (tertiary alicyclic amines) is 2. The third-order valence-electron chi connectivity index (χ3n) is 5.59. The number of carbonyl (C=O) groups excluding carboxylic acids is 1. The van der Waals surface area contributed by atoms with Gasteiger partial charge in [0.15, 0.2) is 0 Å². The largest absolute Gasteiger partial charge is 0.384 e. The van der Waals surface area contributed by atoms with Crippen molar-refractivity contribution in [3.63, 3.8) is 0 Å². The van der Waals surface area contributed by atoms with Gasteiger partial charge in [-0.3, -0.25) is 9.69 Å². The van der Waals surface area contributed by atoms with E-state index in [0.29, 0.717) is 5.92 Å². The summed E-state index contributed by atoms with van der Waals surface area (Å²) in [6.45, 7) is 5.94. The van der Waals surface area contributed by atoms with Crippen molar-refractivity contribution in [2.75, 3.05) is 53.6 Å². The fraction of sp³-hybridized carbons (Fsp3) is 0.722. The van der Waals surface area contributed by atoms with Gasteiger partial charge in [-0.1, -0.05) is 6.07 Å². The number of ether oxygens (including phenoxy) is 2. The van der Waals surface area contributed by atoms with E-state index >= 15 is 0 Å². The summed E-state index contributed by atoms with van der Waals surface area (Å²) in [6, 6.07) is 4.34. The summed E-state index contributed by atoms with van der Waals surface area (Å²) < 4.78 is 10.5. The van der Waals surface area contributed by atoms with Gasteiger partial charge in [-0.05, 0) is 29.7 Å². The van der Waals surface area contributed by atoms with E-state index in [2.05, 4.69) is 22.4 Å². The van der Waals surface area contributed by atoms with Crippen molar-refractivity contribution >= 4 is 17.2 Å². The second-order valence-electron chi connectivity index (χ2n) is 7.08. The lowest BCUT2D eigenvalue weighted by molar-refractivity contribution is -0.138. The smallest absolute Gasteiger partial charge is 0.248 e. The molecule has 3 rings (SSSR count). The van der Waals surface area contributed by atoms with Gasteiger partial charge in [0.25, 0.3) is 0 Å². The Bertz CT molecular complexity index is 526. The van der Waals surface area contributed by atoms with Crippen molar-refractivity contribution in [1.29, 1.82) is 0 Å². The molecule has 0 aromatic carbocycles. The van der Waals surface area contributed by atoms with Crippen molar-refractivity contribution in [1.82, 2.24) is 9.80 Å². The molecule has 24 heavy (non-hydrogen) atoms. The molecule has 1 atom stereocenters. The highest BCUT2D eigenvalue weighted by atomic mass is 32.1. The van der Waals surface area contributed by atoms with Gasteiger partial charge in [0, 0.05) is 57.7 Å². The van der Waals surface area contributed by atoms with Crippen molar-refractivity contribution in [2.24, 2.45) is 11.3 Å². The molecule has 1 unspecified atom stereocenters. The van der Waals surface area contributed by atoms with Crippen LogP contribution in [0.5, 0.6) is 0 Å². The van der Waals surface area contributed by atoms with Crippen molar-refractivity contribution in [3.8, 4) is 0 Å². The van der Waals surface area contributed by atoms with Gasteiger partial charge in [0.2, 0.25) is 5.91 Å². The topological polar surface area (TPSA) is 42.0 Å². The van der Waals surface area contributed by atoms with E-state index < -0.39 is 0 Å². The van der Waals surface area contributed by atoms with Gasteiger partial charge in [0.05, 0.1) is 6.61 Å². The van der Waals surface area contributed by atoms with Gasteiger partial charge in [-0.2, -0.15) is 0 Å². The highest BCUT2D eigenvalue weighted by Crippen LogP contribution is 2.45. The van der Waals surface area contributed by atoms with E-state index in [1.807, 2.05) is 16.2 Å². The van der Waals surface area contributed by atoms with Gasteiger partial charge in [-0.15, -0.1) is 11.3 Å². The number of piperidine rings is 1. The van der Waals surface area contributed by atoms with Crippen LogP contribution < -0.4 is 0 Å². The molecule has 2 saturated heterocycles. The zero-order valence-corrected chi connectivity index (χ0v) is 15.5. The van der Waals surface area contributed by atoms with Crippen molar-refractivity contribution in [2.45, 2.75) is 19.4 Å². The normalized spacial score (nSPS) is 23.9. The number of rotatable bonds is 6. The Hall–Kier alpha value is -0.950. The summed E-state index contributed by atoms with van der Waals surface area (Å²) >= 11 is 1.83. The summed E-state index contributed by atoms with van der Waals surface area (Å²) in [5, 5.41) is 2.15. The minimum absolute atomic E-state index is 0.115. The van der Waals surface area contributed by atoms with Crippen LogP contribution in [0.1, 0.15) is 17.7 Å². The van der Waals surface area contributed by atoms with Crippen LogP contribution in [0.4, 0.5) is 0 Å². The summed E-state index contributed by atoms with van der Waals surface area (Å²) in [5.41, 5.74) is 0.289. The molecule has 0 N–H and O–H groups in total. The van der Waals surface area contributed by atoms with Crippen LogP contribution in [0.15, 0.2) is 17.5 Å². The third-order valence-corrected chi connectivity index (χ3v) is 6.45. The van der Waals surface area contributed by atoms with E-state index in [4.69, 9.17) is 9.47 Å². The van der Waals surface area contributed by atoms with Crippen molar-refractivity contribution < 1.29 is 14.3 Å². The van der Waals surface area contributed by atoms with E-state index in [-0.39, 0.29) is 17.9 Å². The molecule has 2 fully saturated rings. The fourth-order valence-corrected chi connectivity index (χ4v) is 5.05. The lowest BCUT2D eigenvalue weighted by Crippen LogP contribution is -2.48. The molecule has 134 valence electrons. The van der Waals surface area contributed by atoms with Gasteiger partial charge in [0.1, 0.15) is 6.61 Å². The van der Waals surface area contributed by atoms with Gasteiger partial charge >= 0.3 is 0 Å². The Labute approximate surface area is 148 Å². The Balaban J connectivity index is 1.63. The fourth-order valence-electron chi connectivity index (χ4n) is 4.30. The first-order valence-corrected chi connectivity index (χ1v) is 9.55. The number of nitrogens with zero attached hydrogens (tertiary/aromatic N) is 2. The number of amides is 1. The summed E-state index contributed by atoms with van der Waals surface area (Å²) in [4.78, 5) is 18.0. The van der Waals surface area contributed by atoms with Crippen LogP contribution in [0.3, 0.4) is 0 Å². The van der Waals surface area contributed by atoms with Gasteiger partial charge in [-0.25, -0.2) is 0 Å². The first-order chi connectivity index (χ1) is 11.7. The monoisotopic (exact) mass is 352 g/mol. The molecule has 1 aromatic rings. The van der Waals surface area contributed by atoms with E-state index in [1.54, 1.807) is 14.2 Å². The molecule has 3 heterocycles. The molecule has 1 aromatic heterocycles. The van der Waals surface area contributed by atoms with Crippen LogP contribution in [0.2, 0.25) is 0 Å². The standard InChI is InChI=1S/C18H28N2O3S/c1-22-12-15-10-19(11-16-4-3-9-24-16)14-18(15)5-7-20(8-6-18)17(21)13-23-2/h3-4,9,15H,5-8,10-14H2,1-2H3. The van der Waals surface area contributed by atoms with Gasteiger partial charge < -0.3 is 14.4 Å². The quantitative estimate of drug-likeness (QED) is 0.786. The van der Waals surface area contributed by atoms with Crippen LogP contribution >= 0.6 is 11.3 Å². The Morgan fingerprint density at radius 2 is 2.12 bits per heavy atom. The van der Waals surface area contributed by atoms with Crippen molar-refractivity contribution in [3.05, 3.63) is 22.4 Å². The number of hydrogen-bond acceptors (Lipinski definition) is 5. The molecular formula is C18H28N2O3S. The SMILES string of the molecule is COCC(=O)N1CCC2(CC1)CN(Cc1cccs1)CC2COC. The second-order valence-corrected chi connectivity index (χ2v) is 8.11. The molecule has 1 spiro atoms. The molecule has 0 aliphatic carbocycles. The zero-order valence-electron chi connectivity index (χ0n) is 14.7. The predicted molar refractivity (Wildman–Crippen MR) is 95.1 cm³/mol. The third kappa shape index (κ3) is 3.82. The zero-order chi connectivity index (χ0) is 17.0. The molecule has 2 aliphatic rings. The van der Waals surface area contributed by atoms with Crippen LogP contribution in [-0.4, -0.2) is 69.3 Å². The number of hydrogen-bond donors (Lipinski definition) is 0. The summed E-state index contributed by atoms with van der Waals surface area (Å²) in [6.07, 6.45) is 2.13. The molecule has 0 saturated carbocycles. The molecule has 6 heteroatoms. The molecule has 1 amide bonds. The lowest BCUT2D eigenvalue weighted by atomic mass is 9.71. The van der Waals surface area contributed by atoms with Crippen LogP contribution in [-0.2, 0) is 20.8 Å². The molecular weight excluding hydrogens is 324 g/mol.